The Morgan fingerprint density at radius 2 is 1.37 bits per heavy atom. The maximum Gasteiger partial charge on any atom is 0.354 e. The van der Waals surface area contributed by atoms with Crippen LogP contribution in [0.15, 0.2) is 97.2 Å². The van der Waals surface area contributed by atoms with Gasteiger partial charge in [0.1, 0.15) is 11.5 Å². The number of aromatic nitrogens is 4. The highest BCUT2D eigenvalue weighted by atomic mass is 16.4. The lowest BCUT2D eigenvalue weighted by atomic mass is 9.98. The zero-order valence-electron chi connectivity index (χ0n) is 24.4. The zero-order valence-corrected chi connectivity index (χ0v) is 24.4. The number of carbonyl (C=O) groups is 1. The third-order valence-corrected chi connectivity index (χ3v) is 7.85. The number of hydrogen-bond donors (Lipinski definition) is 2. The third kappa shape index (κ3) is 4.67. The topological polar surface area (TPSA) is 83.8 Å². The van der Waals surface area contributed by atoms with Gasteiger partial charge in [0.15, 0.2) is 0 Å². The van der Waals surface area contributed by atoms with Gasteiger partial charge in [-0.25, -0.2) is 14.8 Å². The van der Waals surface area contributed by atoms with Gasteiger partial charge >= 0.3 is 5.97 Å². The van der Waals surface area contributed by atoms with Crippen LogP contribution in [0.2, 0.25) is 0 Å². The average molecular weight is 563 g/mol. The van der Waals surface area contributed by atoms with Crippen LogP contribution in [-0.4, -0.2) is 30.6 Å². The highest BCUT2D eigenvalue weighted by Gasteiger charge is 2.21. The fourth-order valence-corrected chi connectivity index (χ4v) is 6.19. The molecule has 3 aromatic heterocycles. The van der Waals surface area contributed by atoms with Gasteiger partial charge in [0, 0.05) is 28.4 Å². The molecule has 0 unspecified atom stereocenters. The number of para-hydroxylation sites is 2. The molecule has 4 aromatic carbocycles. The Morgan fingerprint density at radius 1 is 0.721 bits per heavy atom. The SMILES string of the molecule is Cc1cc(C)cc(-c2cc(C(=O)O)nc(-c3cccc4c3nc(-c3cccc5cc[nH]c35)n4-c3cc(C)cc(C)c3)c2)c1. The van der Waals surface area contributed by atoms with Crippen molar-refractivity contribution in [1.29, 1.82) is 0 Å². The van der Waals surface area contributed by atoms with Crippen LogP contribution < -0.4 is 0 Å². The molecule has 0 radical (unpaired) electrons. The molecule has 0 saturated heterocycles. The Balaban J connectivity index is 1.54. The molecule has 43 heavy (non-hydrogen) atoms. The van der Waals surface area contributed by atoms with Crippen LogP contribution >= 0.6 is 0 Å². The minimum Gasteiger partial charge on any atom is -0.477 e. The summed E-state index contributed by atoms with van der Waals surface area (Å²) in [6.07, 6.45) is 1.94. The van der Waals surface area contributed by atoms with Crippen LogP contribution in [0.5, 0.6) is 0 Å². The van der Waals surface area contributed by atoms with Crippen molar-refractivity contribution < 1.29 is 9.90 Å². The number of carboxylic acids is 1. The normalized spacial score (nSPS) is 11.4. The summed E-state index contributed by atoms with van der Waals surface area (Å²) < 4.78 is 2.19. The average Bonchev–Trinajstić information content (AvgIpc) is 3.61. The van der Waals surface area contributed by atoms with E-state index >= 15 is 0 Å². The summed E-state index contributed by atoms with van der Waals surface area (Å²) in [5.41, 5.74) is 12.3. The number of fused-ring (bicyclic) bond motifs is 2. The maximum absolute atomic E-state index is 12.3. The molecule has 7 rings (SSSR count). The number of aromatic carboxylic acids is 1. The summed E-state index contributed by atoms with van der Waals surface area (Å²) in [4.78, 5) is 25.6. The molecule has 2 N–H and O–H groups in total. The predicted octanol–water partition coefficient (Wildman–Crippen LogP) is 8.83. The van der Waals surface area contributed by atoms with E-state index in [4.69, 9.17) is 4.98 Å². The summed E-state index contributed by atoms with van der Waals surface area (Å²) in [7, 11) is 0. The van der Waals surface area contributed by atoms with Crippen molar-refractivity contribution in [3.8, 4) is 39.5 Å². The number of nitrogens with one attached hydrogen (secondary N) is 1. The molecule has 7 aromatic rings. The Hall–Kier alpha value is -5.49. The van der Waals surface area contributed by atoms with Gasteiger partial charge in [0.25, 0.3) is 0 Å². The van der Waals surface area contributed by atoms with E-state index in [9.17, 15) is 9.90 Å². The third-order valence-electron chi connectivity index (χ3n) is 7.85. The molecule has 0 aliphatic carbocycles. The molecule has 0 amide bonds. The smallest absolute Gasteiger partial charge is 0.354 e. The molecule has 3 heterocycles. The summed E-state index contributed by atoms with van der Waals surface area (Å²) in [6.45, 7) is 8.29. The monoisotopic (exact) mass is 562 g/mol. The first kappa shape index (κ1) is 26.4. The standard InChI is InChI=1S/C37H30N4O2/c1-21-13-22(2)16-26(15-21)27-19-31(39-32(20-27)37(42)43)29-8-6-10-33-35(29)40-36(30-9-5-7-25-11-12-38-34(25)30)41(33)28-17-23(3)14-24(4)18-28/h5-20,38H,1-4H3,(H,42,43). The molecule has 0 fully saturated rings. The van der Waals surface area contributed by atoms with E-state index < -0.39 is 5.97 Å². The second-order valence-corrected chi connectivity index (χ2v) is 11.3. The molecular weight excluding hydrogens is 532 g/mol. The van der Waals surface area contributed by atoms with E-state index in [-0.39, 0.29) is 5.69 Å². The van der Waals surface area contributed by atoms with E-state index in [0.29, 0.717) is 5.69 Å². The number of benzene rings is 4. The first-order valence-electron chi connectivity index (χ1n) is 14.3. The quantitative estimate of drug-likeness (QED) is 0.220. The molecule has 0 atom stereocenters. The van der Waals surface area contributed by atoms with Crippen molar-refractivity contribution in [3.05, 3.63) is 125 Å². The van der Waals surface area contributed by atoms with E-state index in [1.165, 1.54) is 0 Å². The molecule has 0 aliphatic heterocycles. The first-order valence-corrected chi connectivity index (χ1v) is 14.3. The van der Waals surface area contributed by atoms with Gasteiger partial charge in [-0.15, -0.1) is 0 Å². The second-order valence-electron chi connectivity index (χ2n) is 11.3. The van der Waals surface area contributed by atoms with Crippen molar-refractivity contribution >= 4 is 27.9 Å². The van der Waals surface area contributed by atoms with Gasteiger partial charge in [-0.1, -0.05) is 59.7 Å². The molecule has 0 saturated carbocycles. The van der Waals surface area contributed by atoms with E-state index in [1.807, 2.05) is 44.3 Å². The fourth-order valence-electron chi connectivity index (χ4n) is 6.19. The highest BCUT2D eigenvalue weighted by Crippen LogP contribution is 2.37. The predicted molar refractivity (Wildman–Crippen MR) is 173 cm³/mol. The van der Waals surface area contributed by atoms with E-state index in [2.05, 4.69) is 89.0 Å². The lowest BCUT2D eigenvalue weighted by molar-refractivity contribution is 0.0690. The number of carboxylic acid groups (broad SMARTS) is 1. The van der Waals surface area contributed by atoms with Crippen molar-refractivity contribution in [2.24, 2.45) is 0 Å². The molecule has 6 heteroatoms. The number of imidazole rings is 1. The minimum absolute atomic E-state index is 0.00576. The second kappa shape index (κ2) is 10.1. The molecular formula is C37H30N4O2. The van der Waals surface area contributed by atoms with Crippen molar-refractivity contribution in [2.75, 3.05) is 0 Å². The van der Waals surface area contributed by atoms with Gasteiger partial charge in [-0.3, -0.25) is 4.57 Å². The molecule has 0 spiro atoms. The van der Waals surface area contributed by atoms with Crippen LogP contribution in [0.25, 0.3) is 61.4 Å². The Kier molecular flexibility index (Phi) is 6.20. The van der Waals surface area contributed by atoms with Crippen LogP contribution in [0.4, 0.5) is 0 Å². The largest absolute Gasteiger partial charge is 0.477 e. The maximum atomic E-state index is 12.3. The van der Waals surface area contributed by atoms with Gasteiger partial charge < -0.3 is 10.1 Å². The number of aryl methyl sites for hydroxylation is 4. The van der Waals surface area contributed by atoms with Gasteiger partial charge in [0.2, 0.25) is 0 Å². The zero-order chi connectivity index (χ0) is 29.8. The van der Waals surface area contributed by atoms with Crippen molar-refractivity contribution in [3.63, 3.8) is 0 Å². The molecule has 6 nitrogen and oxygen atoms in total. The number of hydrogen-bond acceptors (Lipinski definition) is 3. The van der Waals surface area contributed by atoms with Crippen LogP contribution in [-0.2, 0) is 0 Å². The minimum atomic E-state index is -1.07. The van der Waals surface area contributed by atoms with Crippen molar-refractivity contribution in [2.45, 2.75) is 27.7 Å². The van der Waals surface area contributed by atoms with E-state index in [1.54, 1.807) is 6.07 Å². The van der Waals surface area contributed by atoms with Gasteiger partial charge in [-0.05, 0) is 92.4 Å². The Labute approximate surface area is 249 Å². The molecule has 0 aliphatic rings. The van der Waals surface area contributed by atoms with Crippen LogP contribution in [0.1, 0.15) is 32.7 Å². The summed E-state index contributed by atoms with van der Waals surface area (Å²) >= 11 is 0. The summed E-state index contributed by atoms with van der Waals surface area (Å²) in [5, 5.41) is 11.1. The van der Waals surface area contributed by atoms with Crippen LogP contribution in [0, 0.1) is 27.7 Å². The summed E-state index contributed by atoms with van der Waals surface area (Å²) in [5.74, 6) is -0.274. The number of aromatic amines is 1. The highest BCUT2D eigenvalue weighted by molar-refractivity contribution is 6.00. The van der Waals surface area contributed by atoms with Gasteiger partial charge in [-0.2, -0.15) is 0 Å². The number of rotatable bonds is 5. The van der Waals surface area contributed by atoms with E-state index in [0.717, 1.165) is 78.0 Å². The molecule has 210 valence electrons. The number of nitrogens with zero attached hydrogens (tertiary/aromatic N) is 3. The van der Waals surface area contributed by atoms with Crippen LogP contribution in [0.3, 0.4) is 0 Å². The summed E-state index contributed by atoms with van der Waals surface area (Å²) in [6, 6.07) is 30.7. The van der Waals surface area contributed by atoms with Gasteiger partial charge in [0.05, 0.1) is 22.2 Å². The molecule has 0 bridgehead atoms. The number of H-pyrrole nitrogens is 1. The van der Waals surface area contributed by atoms with Crippen molar-refractivity contribution in [1.82, 2.24) is 19.5 Å². The first-order chi connectivity index (χ1) is 20.7. The lowest BCUT2D eigenvalue weighted by Gasteiger charge is -2.13. The Morgan fingerprint density at radius 3 is 2.09 bits per heavy atom. The lowest BCUT2D eigenvalue weighted by Crippen LogP contribution is -2.02. The Bertz CT molecular complexity index is 2180. The fraction of sp³-hybridized carbons (Fsp3) is 0.108. The number of pyridine rings is 1.